The van der Waals surface area contributed by atoms with Gasteiger partial charge < -0.3 is 5.73 Å². The van der Waals surface area contributed by atoms with Crippen LogP contribution >= 0.6 is 0 Å². The van der Waals surface area contributed by atoms with E-state index < -0.39 is 9.84 Å². The van der Waals surface area contributed by atoms with Gasteiger partial charge in [0.1, 0.15) is 0 Å². The van der Waals surface area contributed by atoms with Crippen molar-refractivity contribution in [3.8, 4) is 0 Å². The zero-order chi connectivity index (χ0) is 14.8. The average Bonchev–Trinajstić information content (AvgIpc) is 2.36. The number of hydrogen-bond donors (Lipinski definition) is 1. The maximum atomic E-state index is 11.6. The molecule has 0 saturated carbocycles. The van der Waals surface area contributed by atoms with Gasteiger partial charge in [0.2, 0.25) is 0 Å². The van der Waals surface area contributed by atoms with Crippen molar-refractivity contribution in [2.75, 3.05) is 24.6 Å². The largest absolute Gasteiger partial charge is 0.324 e. The van der Waals surface area contributed by atoms with Crippen LogP contribution in [0.2, 0.25) is 0 Å². The number of hydrogen-bond acceptors (Lipinski definition) is 4. The third-order valence-corrected chi connectivity index (χ3v) is 5.80. The van der Waals surface area contributed by atoms with E-state index in [-0.39, 0.29) is 23.6 Å². The van der Waals surface area contributed by atoms with Crippen molar-refractivity contribution in [2.24, 2.45) is 5.73 Å². The lowest BCUT2D eigenvalue weighted by atomic mass is 10.0. The van der Waals surface area contributed by atoms with Crippen molar-refractivity contribution >= 4 is 9.84 Å². The number of nitrogens with two attached hydrogens (primary N) is 1. The van der Waals surface area contributed by atoms with E-state index in [0.717, 1.165) is 18.5 Å². The molecule has 5 heteroatoms. The summed E-state index contributed by atoms with van der Waals surface area (Å²) in [6, 6.07) is 8.38. The molecule has 1 heterocycles. The Bertz CT molecular complexity index is 557. The molecule has 2 N–H and O–H groups in total. The molecule has 0 aliphatic carbocycles. The molecular weight excluding hydrogens is 272 g/mol. The van der Waals surface area contributed by atoms with Gasteiger partial charge in [-0.05, 0) is 25.8 Å². The Hall–Kier alpha value is -0.910. The van der Waals surface area contributed by atoms with Gasteiger partial charge in [-0.15, -0.1) is 0 Å². The van der Waals surface area contributed by atoms with Crippen LogP contribution < -0.4 is 5.73 Å². The second kappa shape index (κ2) is 6.24. The zero-order valence-corrected chi connectivity index (χ0v) is 13.1. The fourth-order valence-electron chi connectivity index (χ4n) is 2.74. The third-order valence-electron chi connectivity index (χ3n) is 4.01. The van der Waals surface area contributed by atoms with E-state index in [1.807, 2.05) is 13.0 Å². The van der Waals surface area contributed by atoms with Crippen molar-refractivity contribution in [1.82, 2.24) is 4.90 Å². The number of nitrogens with zero attached hydrogens (tertiary/aromatic N) is 1. The normalized spacial score (nSPS) is 24.4. The summed E-state index contributed by atoms with van der Waals surface area (Å²) in [5.41, 5.74) is 8.61. The predicted octanol–water partition coefficient (Wildman–Crippen LogP) is 1.50. The lowest BCUT2D eigenvalue weighted by molar-refractivity contribution is 0.219. The highest BCUT2D eigenvalue weighted by atomic mass is 32.2. The molecule has 2 unspecified atom stereocenters. The van der Waals surface area contributed by atoms with Gasteiger partial charge >= 0.3 is 0 Å². The Kier molecular flexibility index (Phi) is 4.83. The molecule has 2 rings (SSSR count). The second-order valence-corrected chi connectivity index (χ2v) is 8.04. The van der Waals surface area contributed by atoms with Gasteiger partial charge in [-0.2, -0.15) is 0 Å². The summed E-state index contributed by atoms with van der Waals surface area (Å²) < 4.78 is 23.1. The average molecular weight is 296 g/mol. The molecule has 1 saturated heterocycles. The summed E-state index contributed by atoms with van der Waals surface area (Å²) in [5, 5.41) is 0. The summed E-state index contributed by atoms with van der Waals surface area (Å²) in [6.07, 6.45) is 0.855. The maximum Gasteiger partial charge on any atom is 0.153 e. The van der Waals surface area contributed by atoms with Gasteiger partial charge in [-0.3, -0.25) is 4.90 Å². The van der Waals surface area contributed by atoms with Crippen molar-refractivity contribution in [1.29, 1.82) is 0 Å². The molecule has 0 bridgehead atoms. The lowest BCUT2D eigenvalue weighted by Crippen LogP contribution is -2.47. The Labute approximate surface area is 121 Å². The van der Waals surface area contributed by atoms with E-state index in [1.54, 1.807) is 0 Å². The molecule has 0 amide bonds. The SMILES string of the molecule is Cc1cccc(C(N)CCN2CCS(=O)(=O)CC2C)c1. The van der Waals surface area contributed by atoms with E-state index in [4.69, 9.17) is 5.73 Å². The molecule has 1 aromatic rings. The van der Waals surface area contributed by atoms with E-state index in [2.05, 4.69) is 30.0 Å². The monoisotopic (exact) mass is 296 g/mol. The first kappa shape index (κ1) is 15.5. The van der Waals surface area contributed by atoms with Gasteiger partial charge in [0.15, 0.2) is 9.84 Å². The molecule has 1 aliphatic heterocycles. The van der Waals surface area contributed by atoms with E-state index >= 15 is 0 Å². The number of sulfone groups is 1. The zero-order valence-electron chi connectivity index (χ0n) is 12.2. The van der Waals surface area contributed by atoms with Crippen LogP contribution in [0.3, 0.4) is 0 Å². The first-order valence-corrected chi connectivity index (χ1v) is 8.96. The maximum absolute atomic E-state index is 11.6. The van der Waals surface area contributed by atoms with Crippen LogP contribution in [0.5, 0.6) is 0 Å². The summed E-state index contributed by atoms with van der Waals surface area (Å²) in [6.45, 7) is 5.53. The molecule has 20 heavy (non-hydrogen) atoms. The topological polar surface area (TPSA) is 63.4 Å². The van der Waals surface area contributed by atoms with Crippen molar-refractivity contribution in [2.45, 2.75) is 32.4 Å². The molecule has 0 aromatic heterocycles. The van der Waals surface area contributed by atoms with Crippen LogP contribution in [-0.2, 0) is 9.84 Å². The van der Waals surface area contributed by atoms with Crippen molar-refractivity contribution in [3.05, 3.63) is 35.4 Å². The predicted molar refractivity (Wildman–Crippen MR) is 82.4 cm³/mol. The van der Waals surface area contributed by atoms with E-state index in [1.165, 1.54) is 5.56 Å². The van der Waals surface area contributed by atoms with Gasteiger partial charge in [-0.1, -0.05) is 29.8 Å². The second-order valence-electron chi connectivity index (χ2n) is 5.81. The fraction of sp³-hybridized carbons (Fsp3) is 0.600. The molecule has 1 aromatic carbocycles. The standard InChI is InChI=1S/C15H24N2O2S/c1-12-4-3-5-14(10-12)15(16)6-7-17-8-9-20(18,19)11-13(17)2/h3-5,10,13,15H,6-9,11,16H2,1-2H3. The molecule has 1 fully saturated rings. The Morgan fingerprint density at radius 1 is 1.45 bits per heavy atom. The minimum absolute atomic E-state index is 0.0145. The molecule has 2 atom stereocenters. The molecule has 4 nitrogen and oxygen atoms in total. The van der Waals surface area contributed by atoms with E-state index in [0.29, 0.717) is 6.54 Å². The van der Waals surface area contributed by atoms with Crippen LogP contribution in [0.15, 0.2) is 24.3 Å². The van der Waals surface area contributed by atoms with Crippen LogP contribution in [-0.4, -0.2) is 44.0 Å². The minimum Gasteiger partial charge on any atom is -0.324 e. The number of benzene rings is 1. The summed E-state index contributed by atoms with van der Waals surface area (Å²) in [7, 11) is -2.83. The quantitative estimate of drug-likeness (QED) is 0.914. The molecule has 112 valence electrons. The lowest BCUT2D eigenvalue weighted by Gasteiger charge is -2.33. The Balaban J connectivity index is 1.89. The molecular formula is C15H24N2O2S. The smallest absolute Gasteiger partial charge is 0.153 e. The Morgan fingerprint density at radius 3 is 2.85 bits per heavy atom. The van der Waals surface area contributed by atoms with Crippen LogP contribution in [0.4, 0.5) is 0 Å². The summed E-state index contributed by atoms with van der Waals surface area (Å²) in [4.78, 5) is 2.23. The van der Waals surface area contributed by atoms with Gasteiger partial charge in [0.05, 0.1) is 11.5 Å². The summed E-state index contributed by atoms with van der Waals surface area (Å²) in [5.74, 6) is 0.545. The first-order chi connectivity index (χ1) is 9.37. The summed E-state index contributed by atoms with van der Waals surface area (Å²) >= 11 is 0. The van der Waals surface area contributed by atoms with E-state index in [9.17, 15) is 8.42 Å². The highest BCUT2D eigenvalue weighted by molar-refractivity contribution is 7.91. The van der Waals surface area contributed by atoms with Gasteiger partial charge in [-0.25, -0.2) is 8.42 Å². The molecule has 0 radical (unpaired) electrons. The molecule has 0 spiro atoms. The molecule has 1 aliphatic rings. The Morgan fingerprint density at radius 2 is 2.20 bits per heavy atom. The number of rotatable bonds is 4. The van der Waals surface area contributed by atoms with Crippen LogP contribution in [0, 0.1) is 6.92 Å². The highest BCUT2D eigenvalue weighted by Crippen LogP contribution is 2.18. The minimum atomic E-state index is -2.83. The highest BCUT2D eigenvalue weighted by Gasteiger charge is 2.27. The fourth-order valence-corrected chi connectivity index (χ4v) is 4.36. The van der Waals surface area contributed by atoms with Crippen LogP contribution in [0.1, 0.15) is 30.5 Å². The van der Waals surface area contributed by atoms with Crippen LogP contribution in [0.25, 0.3) is 0 Å². The first-order valence-electron chi connectivity index (χ1n) is 7.14. The van der Waals surface area contributed by atoms with Crippen molar-refractivity contribution < 1.29 is 8.42 Å². The van der Waals surface area contributed by atoms with Gasteiger partial charge in [0.25, 0.3) is 0 Å². The van der Waals surface area contributed by atoms with Gasteiger partial charge in [0, 0.05) is 25.2 Å². The van der Waals surface area contributed by atoms with Crippen molar-refractivity contribution in [3.63, 3.8) is 0 Å². The third kappa shape index (κ3) is 4.04. The number of aryl methyl sites for hydroxylation is 1.